The van der Waals surface area contributed by atoms with Crippen LogP contribution in [-0.2, 0) is 9.47 Å². The Morgan fingerprint density at radius 3 is 2.63 bits per heavy atom. The molecule has 0 amide bonds. The summed E-state index contributed by atoms with van der Waals surface area (Å²) >= 11 is 0. The highest BCUT2D eigenvalue weighted by molar-refractivity contribution is 6.61. The van der Waals surface area contributed by atoms with Gasteiger partial charge in [-0.3, -0.25) is 0 Å². The first kappa shape index (κ1) is 16.9. The van der Waals surface area contributed by atoms with Gasteiger partial charge in [0, 0.05) is 13.2 Å². The van der Waals surface area contributed by atoms with Crippen molar-refractivity contribution in [2.75, 3.05) is 13.2 Å². The quantitative estimate of drug-likeness (QED) is 0.426. The number of rotatable bonds is 10. The zero-order chi connectivity index (χ0) is 13.8. The molecule has 0 bridgehead atoms. The summed E-state index contributed by atoms with van der Waals surface area (Å²) in [6, 6.07) is 0. The van der Waals surface area contributed by atoms with Gasteiger partial charge in [-0.05, 0) is 38.5 Å². The van der Waals surface area contributed by atoms with Crippen molar-refractivity contribution in [2.45, 2.75) is 77.2 Å². The molecule has 1 heterocycles. The lowest BCUT2D eigenvalue weighted by Crippen LogP contribution is -2.22. The highest BCUT2D eigenvalue weighted by Crippen LogP contribution is 2.14. The fourth-order valence-corrected chi connectivity index (χ4v) is 2.91. The van der Waals surface area contributed by atoms with Gasteiger partial charge in [-0.15, -0.1) is 5.70 Å². The molecule has 2 nitrogen and oxygen atoms in total. The van der Waals surface area contributed by atoms with E-state index in [1.165, 1.54) is 51.4 Å². The first-order chi connectivity index (χ1) is 9.29. The molecule has 0 aromatic rings. The van der Waals surface area contributed by atoms with Crippen LogP contribution in [0.15, 0.2) is 11.8 Å². The third kappa shape index (κ3) is 10.3. The van der Waals surface area contributed by atoms with Crippen LogP contribution in [0.5, 0.6) is 0 Å². The molecule has 1 aliphatic heterocycles. The molecule has 1 radical (unpaired) electrons. The molecule has 0 spiro atoms. The van der Waals surface area contributed by atoms with Crippen LogP contribution in [0.2, 0.25) is 13.1 Å². The minimum absolute atomic E-state index is 0.0953. The van der Waals surface area contributed by atoms with E-state index in [2.05, 4.69) is 24.9 Å². The lowest BCUT2D eigenvalue weighted by atomic mass is 10.1. The van der Waals surface area contributed by atoms with E-state index < -0.39 is 0 Å². The van der Waals surface area contributed by atoms with Crippen LogP contribution in [0.4, 0.5) is 0 Å². The molecule has 1 saturated heterocycles. The molecule has 3 heteroatoms. The van der Waals surface area contributed by atoms with Crippen molar-refractivity contribution in [1.29, 1.82) is 0 Å². The van der Waals surface area contributed by atoms with Crippen LogP contribution < -0.4 is 0 Å². The SMILES string of the molecule is C[Si](C)/C=C/CCCCCCCOC1CCCCO1. The smallest absolute Gasteiger partial charge is 0.157 e. The van der Waals surface area contributed by atoms with Crippen molar-refractivity contribution in [3.8, 4) is 0 Å². The summed E-state index contributed by atoms with van der Waals surface area (Å²) in [5.41, 5.74) is 2.41. The summed E-state index contributed by atoms with van der Waals surface area (Å²) in [5.74, 6) is 0. The van der Waals surface area contributed by atoms with E-state index in [9.17, 15) is 0 Å². The Bertz CT molecular complexity index is 223. The average Bonchev–Trinajstić information content (AvgIpc) is 2.42. The van der Waals surface area contributed by atoms with Crippen molar-refractivity contribution in [2.24, 2.45) is 0 Å². The second-order valence-electron chi connectivity index (χ2n) is 5.70. The highest BCUT2D eigenvalue weighted by Gasteiger charge is 2.13. The minimum atomic E-state index is -0.158. The fourth-order valence-electron chi connectivity index (χ4n) is 2.27. The molecule has 1 aliphatic rings. The van der Waals surface area contributed by atoms with Gasteiger partial charge < -0.3 is 9.47 Å². The molecule has 111 valence electrons. The Balaban J connectivity index is 1.78. The van der Waals surface area contributed by atoms with Gasteiger partial charge in [-0.25, -0.2) is 0 Å². The number of hydrogen-bond acceptors (Lipinski definition) is 2. The van der Waals surface area contributed by atoms with Crippen molar-refractivity contribution in [3.63, 3.8) is 0 Å². The molecule has 1 unspecified atom stereocenters. The molecule has 0 aromatic carbocycles. The second kappa shape index (κ2) is 11.7. The van der Waals surface area contributed by atoms with Crippen molar-refractivity contribution in [1.82, 2.24) is 0 Å². The summed E-state index contributed by atoms with van der Waals surface area (Å²) in [4.78, 5) is 0. The van der Waals surface area contributed by atoms with Crippen LogP contribution in [-0.4, -0.2) is 28.3 Å². The normalized spacial score (nSPS) is 20.5. The Morgan fingerprint density at radius 1 is 1.11 bits per heavy atom. The number of allylic oxidation sites excluding steroid dienone is 1. The highest BCUT2D eigenvalue weighted by atomic mass is 28.3. The van der Waals surface area contributed by atoms with E-state index in [1.54, 1.807) is 0 Å². The van der Waals surface area contributed by atoms with Crippen LogP contribution in [0.25, 0.3) is 0 Å². The standard InChI is InChI=1S/C16H31O2Si/c1-19(2)15-11-7-5-3-4-6-9-13-17-16-12-8-10-14-18-16/h11,15-16H,3-10,12-14H2,1-2H3/b15-11+. The molecule has 19 heavy (non-hydrogen) atoms. The number of hydrogen-bond donors (Lipinski definition) is 0. The molecular formula is C16H31O2Si. The molecule has 1 rings (SSSR count). The summed E-state index contributed by atoms with van der Waals surface area (Å²) in [6.45, 7) is 6.42. The van der Waals surface area contributed by atoms with Crippen LogP contribution in [0.1, 0.15) is 57.8 Å². The molecule has 1 fully saturated rings. The van der Waals surface area contributed by atoms with Gasteiger partial charge in [0.15, 0.2) is 6.29 Å². The molecule has 0 saturated carbocycles. The van der Waals surface area contributed by atoms with Crippen LogP contribution in [0, 0.1) is 0 Å². The summed E-state index contributed by atoms with van der Waals surface area (Å²) < 4.78 is 11.3. The van der Waals surface area contributed by atoms with Gasteiger partial charge in [0.25, 0.3) is 0 Å². The summed E-state index contributed by atoms with van der Waals surface area (Å²) in [5, 5.41) is 0. The minimum Gasteiger partial charge on any atom is -0.353 e. The largest absolute Gasteiger partial charge is 0.353 e. The van der Waals surface area contributed by atoms with Gasteiger partial charge in [0.05, 0.1) is 8.80 Å². The van der Waals surface area contributed by atoms with E-state index in [-0.39, 0.29) is 15.1 Å². The third-order valence-electron chi connectivity index (χ3n) is 3.41. The maximum atomic E-state index is 5.72. The van der Waals surface area contributed by atoms with E-state index >= 15 is 0 Å². The summed E-state index contributed by atoms with van der Waals surface area (Å²) in [7, 11) is -0.158. The predicted octanol–water partition coefficient (Wildman–Crippen LogP) is 4.72. The second-order valence-corrected chi connectivity index (χ2v) is 8.19. The van der Waals surface area contributed by atoms with Gasteiger partial charge in [-0.2, -0.15) is 0 Å². The third-order valence-corrected chi connectivity index (χ3v) is 4.31. The van der Waals surface area contributed by atoms with Gasteiger partial charge >= 0.3 is 0 Å². The first-order valence-electron chi connectivity index (χ1n) is 7.99. The fraction of sp³-hybridized carbons (Fsp3) is 0.875. The van der Waals surface area contributed by atoms with Gasteiger partial charge in [-0.1, -0.05) is 38.4 Å². The molecule has 1 atom stereocenters. The monoisotopic (exact) mass is 283 g/mol. The molecular weight excluding hydrogens is 252 g/mol. The van der Waals surface area contributed by atoms with Gasteiger partial charge in [0.2, 0.25) is 0 Å². The number of ether oxygens (including phenoxy) is 2. The maximum Gasteiger partial charge on any atom is 0.157 e. The van der Waals surface area contributed by atoms with E-state index in [4.69, 9.17) is 9.47 Å². The van der Waals surface area contributed by atoms with E-state index in [0.717, 1.165) is 19.6 Å². The Morgan fingerprint density at radius 2 is 1.89 bits per heavy atom. The van der Waals surface area contributed by atoms with Crippen molar-refractivity contribution in [3.05, 3.63) is 11.8 Å². The van der Waals surface area contributed by atoms with Crippen molar-refractivity contribution >= 4 is 8.80 Å². The van der Waals surface area contributed by atoms with E-state index in [0.29, 0.717) is 0 Å². The van der Waals surface area contributed by atoms with Crippen molar-refractivity contribution < 1.29 is 9.47 Å². The molecule has 0 aromatic heterocycles. The maximum absolute atomic E-state index is 5.72. The zero-order valence-electron chi connectivity index (χ0n) is 12.8. The summed E-state index contributed by atoms with van der Waals surface area (Å²) in [6.07, 6.45) is 13.8. The van der Waals surface area contributed by atoms with Gasteiger partial charge in [0.1, 0.15) is 0 Å². The predicted molar refractivity (Wildman–Crippen MR) is 83.9 cm³/mol. The molecule has 0 N–H and O–H groups in total. The average molecular weight is 284 g/mol. The Labute approximate surface area is 121 Å². The lowest BCUT2D eigenvalue weighted by molar-refractivity contribution is -0.162. The number of unbranched alkanes of at least 4 members (excludes halogenated alkanes) is 5. The van der Waals surface area contributed by atoms with Crippen LogP contribution >= 0.6 is 0 Å². The first-order valence-corrected chi connectivity index (χ1v) is 10.6. The molecule has 0 aliphatic carbocycles. The topological polar surface area (TPSA) is 18.5 Å². The Hall–Kier alpha value is -0.123. The van der Waals surface area contributed by atoms with Crippen LogP contribution in [0.3, 0.4) is 0 Å². The van der Waals surface area contributed by atoms with E-state index in [1.807, 2.05) is 0 Å². The lowest BCUT2D eigenvalue weighted by Gasteiger charge is -2.22. The Kier molecular flexibility index (Phi) is 10.4. The zero-order valence-corrected chi connectivity index (χ0v) is 13.8.